The third kappa shape index (κ3) is 4.32. The average Bonchev–Trinajstić information content (AvgIpc) is 3.05. The number of piperazine rings is 1. The van der Waals surface area contributed by atoms with Crippen molar-refractivity contribution in [2.24, 2.45) is 5.92 Å². The average molecular weight is 398 g/mol. The summed E-state index contributed by atoms with van der Waals surface area (Å²) in [5, 5.41) is 5.41. The largest absolute Gasteiger partial charge is 0.337 e. The molecule has 8 nitrogen and oxygen atoms in total. The molecule has 0 aliphatic carbocycles. The van der Waals surface area contributed by atoms with E-state index in [9.17, 15) is 19.2 Å². The Morgan fingerprint density at radius 3 is 2.59 bits per heavy atom. The van der Waals surface area contributed by atoms with Crippen LogP contribution >= 0.6 is 0 Å². The second-order valence-electron chi connectivity index (χ2n) is 8.03. The van der Waals surface area contributed by atoms with E-state index in [-0.39, 0.29) is 42.0 Å². The van der Waals surface area contributed by atoms with Crippen LogP contribution in [0.2, 0.25) is 0 Å². The summed E-state index contributed by atoms with van der Waals surface area (Å²) in [6.45, 7) is 3.12. The molecule has 8 heteroatoms. The zero-order chi connectivity index (χ0) is 20.4. The van der Waals surface area contributed by atoms with Crippen molar-refractivity contribution in [3.8, 4) is 0 Å². The maximum Gasteiger partial charge on any atom is 0.253 e. The van der Waals surface area contributed by atoms with E-state index in [4.69, 9.17) is 0 Å². The van der Waals surface area contributed by atoms with E-state index < -0.39 is 0 Å². The smallest absolute Gasteiger partial charge is 0.253 e. The lowest BCUT2D eigenvalue weighted by atomic mass is 9.96. The van der Waals surface area contributed by atoms with Gasteiger partial charge < -0.3 is 15.1 Å². The zero-order valence-electron chi connectivity index (χ0n) is 16.4. The molecular weight excluding hydrogens is 372 g/mol. The van der Waals surface area contributed by atoms with Crippen molar-refractivity contribution < 1.29 is 19.2 Å². The van der Waals surface area contributed by atoms with Crippen LogP contribution in [0.4, 0.5) is 0 Å². The molecule has 154 valence electrons. The maximum atomic E-state index is 13.0. The Morgan fingerprint density at radius 1 is 1.10 bits per heavy atom. The minimum atomic E-state index is -0.330. The first-order valence-electron chi connectivity index (χ1n) is 10.2. The highest BCUT2D eigenvalue weighted by Gasteiger charge is 2.32. The van der Waals surface area contributed by atoms with E-state index in [1.165, 1.54) is 0 Å². The standard InChI is InChI=1S/C21H26N4O4/c26-18-11-16(20(28)23-18)10-14-3-5-15(6-4-14)21(29)24-8-1-2-17(13-24)25-9-7-22-12-19(25)27/h3-6,16-17,22H,1-2,7-13H2,(H,23,26,28). The molecule has 29 heavy (non-hydrogen) atoms. The van der Waals surface area contributed by atoms with Gasteiger partial charge in [-0.25, -0.2) is 0 Å². The fraction of sp³-hybridized carbons (Fsp3) is 0.524. The molecule has 0 spiro atoms. The summed E-state index contributed by atoms with van der Waals surface area (Å²) in [6, 6.07) is 7.35. The van der Waals surface area contributed by atoms with Crippen LogP contribution in [0.1, 0.15) is 35.2 Å². The second kappa shape index (κ2) is 8.32. The summed E-state index contributed by atoms with van der Waals surface area (Å²) < 4.78 is 0. The van der Waals surface area contributed by atoms with Crippen molar-refractivity contribution in [3.05, 3.63) is 35.4 Å². The molecule has 2 unspecified atom stereocenters. The number of nitrogens with one attached hydrogen (secondary N) is 2. The van der Waals surface area contributed by atoms with E-state index in [0.717, 1.165) is 24.9 Å². The maximum absolute atomic E-state index is 13.0. The lowest BCUT2D eigenvalue weighted by Crippen LogP contribution is -2.57. The minimum absolute atomic E-state index is 0.0300. The minimum Gasteiger partial charge on any atom is -0.337 e. The van der Waals surface area contributed by atoms with E-state index in [0.29, 0.717) is 38.2 Å². The molecule has 0 saturated carbocycles. The number of carbonyl (C=O) groups is 4. The van der Waals surface area contributed by atoms with Gasteiger partial charge in [0.1, 0.15) is 0 Å². The molecule has 1 aromatic carbocycles. The van der Waals surface area contributed by atoms with Crippen molar-refractivity contribution in [1.82, 2.24) is 20.4 Å². The summed E-state index contributed by atoms with van der Waals surface area (Å²) in [7, 11) is 0. The third-order valence-corrected chi connectivity index (χ3v) is 6.00. The Kier molecular flexibility index (Phi) is 5.62. The van der Waals surface area contributed by atoms with Gasteiger partial charge in [0, 0.05) is 44.2 Å². The van der Waals surface area contributed by atoms with Gasteiger partial charge in [0.05, 0.1) is 12.5 Å². The highest BCUT2D eigenvalue weighted by Crippen LogP contribution is 2.21. The topological polar surface area (TPSA) is 98.8 Å². The van der Waals surface area contributed by atoms with Gasteiger partial charge in [0.25, 0.3) is 5.91 Å². The number of rotatable bonds is 4. The first-order chi connectivity index (χ1) is 14.0. The van der Waals surface area contributed by atoms with Crippen LogP contribution in [0.25, 0.3) is 0 Å². The molecular formula is C21H26N4O4. The number of imide groups is 1. The second-order valence-corrected chi connectivity index (χ2v) is 8.03. The van der Waals surface area contributed by atoms with Gasteiger partial charge >= 0.3 is 0 Å². The third-order valence-electron chi connectivity index (χ3n) is 6.00. The predicted octanol–water partition coefficient (Wildman–Crippen LogP) is -0.0718. The van der Waals surface area contributed by atoms with Crippen LogP contribution in [0, 0.1) is 5.92 Å². The van der Waals surface area contributed by atoms with Crippen molar-refractivity contribution >= 4 is 23.6 Å². The van der Waals surface area contributed by atoms with Gasteiger partial charge in [0.2, 0.25) is 17.7 Å². The van der Waals surface area contributed by atoms with Crippen molar-refractivity contribution in [2.75, 3.05) is 32.7 Å². The first-order valence-corrected chi connectivity index (χ1v) is 10.2. The quantitative estimate of drug-likeness (QED) is 0.692. The van der Waals surface area contributed by atoms with Crippen LogP contribution < -0.4 is 10.6 Å². The number of nitrogens with zero attached hydrogens (tertiary/aromatic N) is 2. The molecule has 2 N–H and O–H groups in total. The number of likely N-dealkylation sites (tertiary alicyclic amines) is 1. The lowest BCUT2D eigenvalue weighted by molar-refractivity contribution is -0.135. The Bertz CT molecular complexity index is 822. The Labute approximate surface area is 169 Å². The van der Waals surface area contributed by atoms with Crippen LogP contribution in [-0.4, -0.2) is 72.2 Å². The molecule has 0 radical (unpaired) electrons. The Balaban J connectivity index is 1.38. The number of hydrogen-bond acceptors (Lipinski definition) is 5. The summed E-state index contributed by atoms with van der Waals surface area (Å²) in [6.07, 6.45) is 2.52. The molecule has 3 aliphatic heterocycles. The Morgan fingerprint density at radius 2 is 1.90 bits per heavy atom. The van der Waals surface area contributed by atoms with Crippen LogP contribution in [-0.2, 0) is 20.8 Å². The van der Waals surface area contributed by atoms with E-state index in [2.05, 4.69) is 10.6 Å². The fourth-order valence-corrected chi connectivity index (χ4v) is 4.42. The number of carbonyl (C=O) groups excluding carboxylic acids is 4. The molecule has 4 rings (SSSR count). The van der Waals surface area contributed by atoms with Crippen molar-refractivity contribution in [1.29, 1.82) is 0 Å². The SMILES string of the molecule is O=C1CC(Cc2ccc(C(=O)N3CCCC(N4CCNCC4=O)C3)cc2)C(=O)N1. The van der Waals surface area contributed by atoms with Crippen LogP contribution in [0.15, 0.2) is 24.3 Å². The Hall–Kier alpha value is -2.74. The van der Waals surface area contributed by atoms with Gasteiger partial charge in [-0.15, -0.1) is 0 Å². The van der Waals surface area contributed by atoms with E-state index in [1.54, 1.807) is 12.1 Å². The number of amides is 4. The lowest BCUT2D eigenvalue weighted by Gasteiger charge is -2.41. The summed E-state index contributed by atoms with van der Waals surface area (Å²) in [5.41, 5.74) is 1.53. The first kappa shape index (κ1) is 19.6. The van der Waals surface area contributed by atoms with E-state index in [1.807, 2.05) is 21.9 Å². The highest BCUT2D eigenvalue weighted by atomic mass is 16.2. The van der Waals surface area contributed by atoms with Crippen LogP contribution in [0.3, 0.4) is 0 Å². The molecule has 3 heterocycles. The van der Waals surface area contributed by atoms with Gasteiger partial charge in [-0.2, -0.15) is 0 Å². The number of benzene rings is 1. The van der Waals surface area contributed by atoms with Gasteiger partial charge in [-0.1, -0.05) is 12.1 Å². The predicted molar refractivity (Wildman–Crippen MR) is 105 cm³/mol. The van der Waals surface area contributed by atoms with Gasteiger partial charge in [-0.3, -0.25) is 24.5 Å². The molecule has 3 saturated heterocycles. The van der Waals surface area contributed by atoms with Gasteiger partial charge in [0.15, 0.2) is 0 Å². The number of hydrogen-bond donors (Lipinski definition) is 2. The zero-order valence-corrected chi connectivity index (χ0v) is 16.4. The summed E-state index contributed by atoms with van der Waals surface area (Å²) in [4.78, 5) is 51.9. The normalized spacial score (nSPS) is 25.3. The molecule has 3 aliphatic rings. The monoisotopic (exact) mass is 398 g/mol. The van der Waals surface area contributed by atoms with Crippen molar-refractivity contribution in [2.45, 2.75) is 31.7 Å². The molecule has 2 atom stereocenters. The highest BCUT2D eigenvalue weighted by molar-refractivity contribution is 6.03. The van der Waals surface area contributed by atoms with Crippen molar-refractivity contribution in [3.63, 3.8) is 0 Å². The summed E-state index contributed by atoms with van der Waals surface area (Å²) >= 11 is 0. The molecule has 0 bridgehead atoms. The van der Waals surface area contributed by atoms with Gasteiger partial charge in [-0.05, 0) is 37.0 Å². The van der Waals surface area contributed by atoms with Crippen LogP contribution in [0.5, 0.6) is 0 Å². The molecule has 3 fully saturated rings. The molecule has 0 aromatic heterocycles. The summed E-state index contributed by atoms with van der Waals surface area (Å²) in [5.74, 6) is -0.707. The molecule has 1 aromatic rings. The molecule has 4 amide bonds. The fourth-order valence-electron chi connectivity index (χ4n) is 4.42. The van der Waals surface area contributed by atoms with E-state index >= 15 is 0 Å². The number of piperidine rings is 1.